The maximum atomic E-state index is 5.29. The van der Waals surface area contributed by atoms with Crippen molar-refractivity contribution < 1.29 is 14.2 Å². The molecule has 0 bridgehead atoms. The lowest BCUT2D eigenvalue weighted by Gasteiger charge is -2.23. The summed E-state index contributed by atoms with van der Waals surface area (Å²) in [6.07, 6.45) is 3.48. The highest BCUT2D eigenvalue weighted by Gasteiger charge is 2.24. The van der Waals surface area contributed by atoms with Crippen molar-refractivity contribution in [3.8, 4) is 17.4 Å². The number of aromatic nitrogens is 2. The summed E-state index contributed by atoms with van der Waals surface area (Å²) in [5.74, 6) is 2.33. The number of methoxy groups -OCH3 is 3. The van der Waals surface area contributed by atoms with Gasteiger partial charge in [0.15, 0.2) is 0 Å². The third-order valence-electron chi connectivity index (χ3n) is 3.74. The van der Waals surface area contributed by atoms with Crippen LogP contribution in [-0.2, 0) is 10.8 Å². The van der Waals surface area contributed by atoms with Crippen LogP contribution in [0.15, 0.2) is 30.6 Å². The average molecular weight is 360 g/mol. The Bertz CT molecular complexity index is 679. The van der Waals surface area contributed by atoms with Gasteiger partial charge < -0.3 is 14.2 Å². The molecule has 5 heteroatoms. The molecule has 2 aromatic heterocycles. The van der Waals surface area contributed by atoms with Crippen molar-refractivity contribution in [1.29, 1.82) is 0 Å². The van der Waals surface area contributed by atoms with E-state index in [9.17, 15) is 0 Å². The fourth-order valence-electron chi connectivity index (χ4n) is 2.56. The quantitative estimate of drug-likeness (QED) is 0.788. The van der Waals surface area contributed by atoms with Crippen LogP contribution in [0.5, 0.6) is 17.4 Å². The first kappa shape index (κ1) is 21.7. The first-order chi connectivity index (χ1) is 12.1. The first-order valence-corrected chi connectivity index (χ1v) is 8.63. The number of pyridine rings is 2. The van der Waals surface area contributed by atoms with Gasteiger partial charge in [-0.05, 0) is 23.6 Å². The molecule has 0 aliphatic rings. The zero-order chi connectivity index (χ0) is 20.0. The minimum Gasteiger partial charge on any atom is -0.496 e. The zero-order valence-corrected chi connectivity index (χ0v) is 17.5. The van der Waals surface area contributed by atoms with Gasteiger partial charge in [0.25, 0.3) is 0 Å². The molecule has 26 heavy (non-hydrogen) atoms. The van der Waals surface area contributed by atoms with Crippen LogP contribution in [0.25, 0.3) is 0 Å². The van der Waals surface area contributed by atoms with E-state index in [1.165, 1.54) is 0 Å². The van der Waals surface area contributed by atoms with Crippen molar-refractivity contribution in [2.75, 3.05) is 21.3 Å². The molecule has 0 saturated heterocycles. The summed E-state index contributed by atoms with van der Waals surface area (Å²) in [7, 11) is 4.95. The van der Waals surface area contributed by atoms with E-state index in [4.69, 9.17) is 14.2 Å². The smallest absolute Gasteiger partial charge is 0.220 e. The molecule has 0 aliphatic carbocycles. The summed E-state index contributed by atoms with van der Waals surface area (Å²) in [5.41, 5.74) is 2.02. The van der Waals surface area contributed by atoms with Crippen molar-refractivity contribution in [3.05, 3.63) is 41.9 Å². The summed E-state index contributed by atoms with van der Waals surface area (Å²) < 4.78 is 15.7. The number of ether oxygens (including phenoxy) is 3. The highest BCUT2D eigenvalue weighted by atomic mass is 16.5. The van der Waals surface area contributed by atoms with Gasteiger partial charge in [-0.25, -0.2) is 4.98 Å². The molecule has 2 rings (SSSR count). The fraction of sp³-hybridized carbons (Fsp3) is 0.524. The second kappa shape index (κ2) is 8.88. The highest BCUT2D eigenvalue weighted by molar-refractivity contribution is 5.44. The van der Waals surface area contributed by atoms with E-state index in [-0.39, 0.29) is 10.8 Å². The third-order valence-corrected chi connectivity index (χ3v) is 3.74. The van der Waals surface area contributed by atoms with Crippen molar-refractivity contribution >= 4 is 0 Å². The predicted molar refractivity (Wildman–Crippen MR) is 106 cm³/mol. The number of hydrogen-bond donors (Lipinski definition) is 0. The van der Waals surface area contributed by atoms with E-state index in [0.29, 0.717) is 5.88 Å². The molecule has 0 unspecified atom stereocenters. The van der Waals surface area contributed by atoms with Gasteiger partial charge in [0, 0.05) is 17.8 Å². The Labute approximate surface area is 157 Å². The molecule has 144 valence electrons. The van der Waals surface area contributed by atoms with Gasteiger partial charge in [0.05, 0.1) is 32.6 Å². The minimum atomic E-state index is -0.0368. The zero-order valence-electron chi connectivity index (χ0n) is 17.5. The molecular weight excluding hydrogens is 328 g/mol. The molecule has 0 saturated carbocycles. The number of rotatable bonds is 3. The van der Waals surface area contributed by atoms with Crippen molar-refractivity contribution in [1.82, 2.24) is 9.97 Å². The average Bonchev–Trinajstić information content (AvgIpc) is 2.59. The maximum Gasteiger partial charge on any atom is 0.220 e. The molecule has 5 nitrogen and oxygen atoms in total. The van der Waals surface area contributed by atoms with E-state index in [1.807, 2.05) is 18.2 Å². The van der Waals surface area contributed by atoms with Crippen molar-refractivity contribution in [3.63, 3.8) is 0 Å². The Morgan fingerprint density at radius 2 is 1.31 bits per heavy atom. The Balaban J connectivity index is 0.000000263. The van der Waals surface area contributed by atoms with Gasteiger partial charge in [-0.15, -0.1) is 0 Å². The summed E-state index contributed by atoms with van der Waals surface area (Å²) in [5, 5.41) is 0. The Hall–Kier alpha value is -2.30. The molecule has 0 atom stereocenters. The second-order valence-corrected chi connectivity index (χ2v) is 7.95. The normalized spacial score (nSPS) is 11.3. The van der Waals surface area contributed by atoms with Gasteiger partial charge in [0.2, 0.25) is 5.88 Å². The van der Waals surface area contributed by atoms with Gasteiger partial charge in [-0.3, -0.25) is 4.98 Å². The summed E-state index contributed by atoms with van der Waals surface area (Å²) >= 11 is 0. The predicted octanol–water partition coefficient (Wildman–Crippen LogP) is 4.78. The molecule has 2 heterocycles. The molecule has 0 amide bonds. The molecule has 0 N–H and O–H groups in total. The fourth-order valence-corrected chi connectivity index (χ4v) is 2.56. The lowest BCUT2D eigenvalue weighted by molar-refractivity contribution is 0.356. The van der Waals surface area contributed by atoms with Gasteiger partial charge in [0.1, 0.15) is 11.5 Å². The number of hydrogen-bond acceptors (Lipinski definition) is 5. The lowest BCUT2D eigenvalue weighted by atomic mass is 9.87. The van der Waals surface area contributed by atoms with Gasteiger partial charge in [-0.2, -0.15) is 0 Å². The van der Waals surface area contributed by atoms with Crippen LogP contribution in [0.1, 0.15) is 52.8 Å². The molecular formula is C21H32N2O3. The van der Waals surface area contributed by atoms with E-state index in [0.717, 1.165) is 22.8 Å². The largest absolute Gasteiger partial charge is 0.496 e. The van der Waals surface area contributed by atoms with Crippen molar-refractivity contribution in [2.45, 2.75) is 52.4 Å². The number of nitrogens with zero attached hydrogens (tertiary/aromatic N) is 2. The van der Waals surface area contributed by atoms with Crippen LogP contribution in [0.2, 0.25) is 0 Å². The lowest BCUT2D eigenvalue weighted by Crippen LogP contribution is -2.15. The van der Waals surface area contributed by atoms with E-state index in [2.05, 4.69) is 51.5 Å². The van der Waals surface area contributed by atoms with E-state index >= 15 is 0 Å². The summed E-state index contributed by atoms with van der Waals surface area (Å²) in [4.78, 5) is 8.47. The highest BCUT2D eigenvalue weighted by Crippen LogP contribution is 2.36. The molecule has 0 aromatic carbocycles. The SMILES string of the molecule is COc1cccnc1C(C)(C)C.COc1ccnc(OC)c1C(C)(C)C. The maximum absolute atomic E-state index is 5.29. The van der Waals surface area contributed by atoms with Crippen LogP contribution in [-0.4, -0.2) is 31.3 Å². The van der Waals surface area contributed by atoms with Gasteiger partial charge in [-0.1, -0.05) is 41.5 Å². The second-order valence-electron chi connectivity index (χ2n) is 7.95. The molecule has 0 aliphatic heterocycles. The monoisotopic (exact) mass is 360 g/mol. The first-order valence-electron chi connectivity index (χ1n) is 8.63. The van der Waals surface area contributed by atoms with Crippen LogP contribution >= 0.6 is 0 Å². The summed E-state index contributed by atoms with van der Waals surface area (Å²) in [6, 6.07) is 5.67. The van der Waals surface area contributed by atoms with Crippen LogP contribution < -0.4 is 14.2 Å². The molecule has 0 spiro atoms. The van der Waals surface area contributed by atoms with Gasteiger partial charge >= 0.3 is 0 Å². The van der Waals surface area contributed by atoms with Crippen LogP contribution in [0.4, 0.5) is 0 Å². The van der Waals surface area contributed by atoms with E-state index < -0.39 is 0 Å². The van der Waals surface area contributed by atoms with Crippen molar-refractivity contribution in [2.24, 2.45) is 0 Å². The molecule has 0 fully saturated rings. The molecule has 0 radical (unpaired) electrons. The van der Waals surface area contributed by atoms with Crippen LogP contribution in [0.3, 0.4) is 0 Å². The Morgan fingerprint density at radius 3 is 1.73 bits per heavy atom. The Morgan fingerprint density at radius 1 is 0.692 bits per heavy atom. The third kappa shape index (κ3) is 5.61. The summed E-state index contributed by atoms with van der Waals surface area (Å²) in [6.45, 7) is 12.7. The van der Waals surface area contributed by atoms with Crippen LogP contribution in [0, 0.1) is 0 Å². The Kier molecular flexibility index (Phi) is 7.42. The minimum absolute atomic E-state index is 0.0368. The topological polar surface area (TPSA) is 53.5 Å². The molecule has 2 aromatic rings. The standard InChI is InChI=1S/C11H17NO2.C10H15NO/c1-11(2,3)9-8(13-4)6-7-12-10(9)14-5;1-10(2,3)9-8(12-4)6-5-7-11-9/h6-7H,1-5H3;5-7H,1-4H3. The van der Waals surface area contributed by atoms with E-state index in [1.54, 1.807) is 33.7 Å².